The number of hydrogen-bond acceptors (Lipinski definition) is 3. The summed E-state index contributed by atoms with van der Waals surface area (Å²) in [7, 11) is 0. The summed E-state index contributed by atoms with van der Waals surface area (Å²) < 4.78 is 12.7. The molecule has 3 nitrogen and oxygen atoms in total. The monoisotopic (exact) mass is 217 g/mol. The second-order valence-electron chi connectivity index (χ2n) is 3.56. The van der Waals surface area contributed by atoms with Gasteiger partial charge in [-0.2, -0.15) is 0 Å². The third kappa shape index (κ3) is 2.28. The number of benzene rings is 1. The maximum Gasteiger partial charge on any atom is 0.130 e. The fourth-order valence-electron chi connectivity index (χ4n) is 1.32. The summed E-state index contributed by atoms with van der Waals surface area (Å²) in [6.45, 7) is 1.91. The quantitative estimate of drug-likeness (QED) is 0.813. The van der Waals surface area contributed by atoms with Crippen LogP contribution in [0, 0.1) is 12.7 Å². The van der Waals surface area contributed by atoms with E-state index in [0.717, 1.165) is 11.3 Å². The molecule has 1 heterocycles. The lowest BCUT2D eigenvalue weighted by molar-refractivity contribution is 0.628. The van der Waals surface area contributed by atoms with Crippen LogP contribution in [0.3, 0.4) is 0 Å². The van der Waals surface area contributed by atoms with Crippen molar-refractivity contribution < 1.29 is 4.39 Å². The van der Waals surface area contributed by atoms with Crippen LogP contribution >= 0.6 is 0 Å². The molecule has 2 aromatic rings. The minimum Gasteiger partial charge on any atom is -0.397 e. The van der Waals surface area contributed by atoms with Gasteiger partial charge in [-0.1, -0.05) is 0 Å². The SMILES string of the molecule is Cc1cc(Nc2ccc(F)cc2)ncc1N. The molecule has 4 heteroatoms. The topological polar surface area (TPSA) is 50.9 Å². The van der Waals surface area contributed by atoms with E-state index in [2.05, 4.69) is 10.3 Å². The van der Waals surface area contributed by atoms with Gasteiger partial charge in [0.05, 0.1) is 11.9 Å². The molecule has 0 saturated carbocycles. The number of nitrogens with two attached hydrogens (primary N) is 1. The first kappa shape index (κ1) is 10.4. The van der Waals surface area contributed by atoms with E-state index >= 15 is 0 Å². The van der Waals surface area contributed by atoms with Crippen molar-refractivity contribution in [3.05, 3.63) is 47.9 Å². The van der Waals surface area contributed by atoms with Crippen molar-refractivity contribution in [3.8, 4) is 0 Å². The van der Waals surface area contributed by atoms with Crippen molar-refractivity contribution in [3.63, 3.8) is 0 Å². The highest BCUT2D eigenvalue weighted by Gasteiger charge is 1.99. The number of aryl methyl sites for hydroxylation is 1. The number of rotatable bonds is 2. The molecule has 3 N–H and O–H groups in total. The fourth-order valence-corrected chi connectivity index (χ4v) is 1.32. The highest BCUT2D eigenvalue weighted by molar-refractivity contribution is 5.59. The number of nitrogen functional groups attached to an aromatic ring is 1. The van der Waals surface area contributed by atoms with Crippen LogP contribution in [0.2, 0.25) is 0 Å². The maximum absolute atomic E-state index is 12.7. The molecule has 0 spiro atoms. The number of nitrogens with zero attached hydrogens (tertiary/aromatic N) is 1. The molecule has 2 rings (SSSR count). The number of nitrogens with one attached hydrogen (secondary N) is 1. The van der Waals surface area contributed by atoms with Crippen LogP contribution in [-0.2, 0) is 0 Å². The zero-order valence-corrected chi connectivity index (χ0v) is 8.87. The number of anilines is 3. The summed E-state index contributed by atoms with van der Waals surface area (Å²) >= 11 is 0. The van der Waals surface area contributed by atoms with Crippen LogP contribution in [0.15, 0.2) is 36.5 Å². The second kappa shape index (κ2) is 4.18. The molecule has 0 amide bonds. The standard InChI is InChI=1S/C12H12FN3/c1-8-6-12(15-7-11(8)14)16-10-4-2-9(13)3-5-10/h2-7H,14H2,1H3,(H,15,16). The van der Waals surface area contributed by atoms with Crippen LogP contribution in [0.25, 0.3) is 0 Å². The van der Waals surface area contributed by atoms with Crippen LogP contribution < -0.4 is 11.1 Å². The first-order valence-corrected chi connectivity index (χ1v) is 4.90. The summed E-state index contributed by atoms with van der Waals surface area (Å²) in [6.07, 6.45) is 1.60. The van der Waals surface area contributed by atoms with Crippen molar-refractivity contribution >= 4 is 17.2 Å². The minimum absolute atomic E-state index is 0.257. The van der Waals surface area contributed by atoms with Gasteiger partial charge >= 0.3 is 0 Å². The normalized spacial score (nSPS) is 10.1. The van der Waals surface area contributed by atoms with Gasteiger partial charge in [-0.3, -0.25) is 0 Å². The van der Waals surface area contributed by atoms with Crippen molar-refractivity contribution in [2.75, 3.05) is 11.1 Å². The molecule has 0 aliphatic rings. The molecule has 1 aromatic carbocycles. The molecular formula is C12H12FN3. The molecule has 0 aliphatic heterocycles. The average molecular weight is 217 g/mol. The number of pyridine rings is 1. The first-order valence-electron chi connectivity index (χ1n) is 4.90. The maximum atomic E-state index is 12.7. The lowest BCUT2D eigenvalue weighted by Crippen LogP contribution is -1.97. The van der Waals surface area contributed by atoms with E-state index in [4.69, 9.17) is 5.73 Å². The van der Waals surface area contributed by atoms with E-state index in [-0.39, 0.29) is 5.82 Å². The highest BCUT2D eigenvalue weighted by Crippen LogP contribution is 2.18. The summed E-state index contributed by atoms with van der Waals surface area (Å²) in [4.78, 5) is 4.13. The molecular weight excluding hydrogens is 205 g/mol. The van der Waals surface area contributed by atoms with Crippen LogP contribution in [0.5, 0.6) is 0 Å². The van der Waals surface area contributed by atoms with Gasteiger partial charge < -0.3 is 11.1 Å². The van der Waals surface area contributed by atoms with Gasteiger partial charge in [-0.05, 0) is 42.8 Å². The molecule has 0 unspecified atom stereocenters. The molecule has 0 aliphatic carbocycles. The molecule has 0 atom stereocenters. The Morgan fingerprint density at radius 1 is 1.25 bits per heavy atom. The summed E-state index contributed by atoms with van der Waals surface area (Å²) in [5, 5.41) is 3.07. The van der Waals surface area contributed by atoms with Gasteiger partial charge in [-0.15, -0.1) is 0 Å². The highest BCUT2D eigenvalue weighted by atomic mass is 19.1. The van der Waals surface area contributed by atoms with Crippen molar-refractivity contribution in [2.45, 2.75) is 6.92 Å². The van der Waals surface area contributed by atoms with E-state index in [0.29, 0.717) is 11.5 Å². The second-order valence-corrected chi connectivity index (χ2v) is 3.56. The average Bonchev–Trinajstić information content (AvgIpc) is 2.27. The van der Waals surface area contributed by atoms with E-state index in [1.807, 2.05) is 13.0 Å². The molecule has 0 saturated heterocycles. The predicted octanol–water partition coefficient (Wildman–Crippen LogP) is 2.85. The molecule has 1 aromatic heterocycles. The Morgan fingerprint density at radius 2 is 1.94 bits per heavy atom. The Morgan fingerprint density at radius 3 is 2.56 bits per heavy atom. The molecule has 0 bridgehead atoms. The van der Waals surface area contributed by atoms with Crippen LogP contribution in [-0.4, -0.2) is 4.98 Å². The fraction of sp³-hybridized carbons (Fsp3) is 0.0833. The van der Waals surface area contributed by atoms with Crippen molar-refractivity contribution in [1.82, 2.24) is 4.98 Å². The van der Waals surface area contributed by atoms with Crippen LogP contribution in [0.4, 0.5) is 21.6 Å². The largest absolute Gasteiger partial charge is 0.397 e. The summed E-state index contributed by atoms with van der Waals surface area (Å²) in [5.74, 6) is 0.435. The van der Waals surface area contributed by atoms with E-state index < -0.39 is 0 Å². The third-order valence-corrected chi connectivity index (χ3v) is 2.27. The van der Waals surface area contributed by atoms with E-state index in [9.17, 15) is 4.39 Å². The van der Waals surface area contributed by atoms with Crippen molar-refractivity contribution in [1.29, 1.82) is 0 Å². The first-order chi connectivity index (χ1) is 7.65. The molecule has 82 valence electrons. The zero-order chi connectivity index (χ0) is 11.5. The Labute approximate surface area is 93.1 Å². The predicted molar refractivity (Wildman–Crippen MR) is 63.1 cm³/mol. The number of aromatic nitrogens is 1. The van der Waals surface area contributed by atoms with E-state index in [1.165, 1.54) is 12.1 Å². The lowest BCUT2D eigenvalue weighted by atomic mass is 10.2. The van der Waals surface area contributed by atoms with Gasteiger partial charge in [0.2, 0.25) is 0 Å². The smallest absolute Gasteiger partial charge is 0.130 e. The van der Waals surface area contributed by atoms with Crippen LogP contribution in [0.1, 0.15) is 5.56 Å². The summed E-state index contributed by atoms with van der Waals surface area (Å²) in [6, 6.07) is 7.95. The molecule has 0 radical (unpaired) electrons. The van der Waals surface area contributed by atoms with Gasteiger partial charge in [0.25, 0.3) is 0 Å². The Balaban J connectivity index is 2.20. The Kier molecular flexibility index (Phi) is 2.72. The van der Waals surface area contributed by atoms with E-state index in [1.54, 1.807) is 18.3 Å². The Hall–Kier alpha value is -2.10. The zero-order valence-electron chi connectivity index (χ0n) is 8.87. The Bertz CT molecular complexity index is 494. The van der Waals surface area contributed by atoms with Crippen molar-refractivity contribution in [2.24, 2.45) is 0 Å². The van der Waals surface area contributed by atoms with Gasteiger partial charge in [-0.25, -0.2) is 9.37 Å². The summed E-state index contributed by atoms with van der Waals surface area (Å²) in [5.41, 5.74) is 8.07. The minimum atomic E-state index is -0.257. The van der Waals surface area contributed by atoms with Gasteiger partial charge in [0.1, 0.15) is 11.6 Å². The number of halogens is 1. The van der Waals surface area contributed by atoms with Gasteiger partial charge in [0, 0.05) is 5.69 Å². The lowest BCUT2D eigenvalue weighted by Gasteiger charge is -2.07. The van der Waals surface area contributed by atoms with Gasteiger partial charge in [0.15, 0.2) is 0 Å². The molecule has 0 fully saturated rings. The molecule has 16 heavy (non-hydrogen) atoms. The third-order valence-electron chi connectivity index (χ3n) is 2.27. The number of hydrogen-bond donors (Lipinski definition) is 2.